The molecule has 2 atom stereocenters. The average Bonchev–Trinajstić information content (AvgIpc) is 2.76. The first-order valence-corrected chi connectivity index (χ1v) is 11.4. The summed E-state index contributed by atoms with van der Waals surface area (Å²) in [6.07, 6.45) is 3.74. The van der Waals surface area contributed by atoms with Crippen molar-refractivity contribution < 1.29 is 18.8 Å². The standard InChI is InChI=1S/C26H34N2O3/c1-4-16-28(18-24(29)31-19-22-13-6-5-7-14-22)17-9-8-15-23(28)26(30)27-25-20(2)11-10-12-21(25)3/h5-7,10-14,23H,4,8-9,15-19H2,1-3H3/p+1. The van der Waals surface area contributed by atoms with E-state index in [0.717, 1.165) is 61.2 Å². The van der Waals surface area contributed by atoms with Crippen LogP contribution in [0.5, 0.6) is 0 Å². The Morgan fingerprint density at radius 2 is 1.74 bits per heavy atom. The lowest BCUT2D eigenvalue weighted by molar-refractivity contribution is -0.940. The van der Waals surface area contributed by atoms with Crippen LogP contribution in [0, 0.1) is 13.8 Å². The first-order chi connectivity index (χ1) is 14.9. The predicted octanol–water partition coefficient (Wildman–Crippen LogP) is 4.76. The summed E-state index contributed by atoms with van der Waals surface area (Å²) >= 11 is 0. The summed E-state index contributed by atoms with van der Waals surface area (Å²) in [6, 6.07) is 15.5. The van der Waals surface area contributed by atoms with E-state index in [-0.39, 0.29) is 31.1 Å². The van der Waals surface area contributed by atoms with E-state index in [1.807, 2.05) is 62.4 Å². The van der Waals surface area contributed by atoms with Gasteiger partial charge in [-0.05, 0) is 49.8 Å². The Kier molecular flexibility index (Phi) is 7.85. The molecule has 166 valence electrons. The summed E-state index contributed by atoms with van der Waals surface area (Å²) in [7, 11) is 0. The van der Waals surface area contributed by atoms with Crippen molar-refractivity contribution in [1.82, 2.24) is 0 Å². The van der Waals surface area contributed by atoms with E-state index in [1.165, 1.54) is 0 Å². The molecule has 0 radical (unpaired) electrons. The number of esters is 1. The maximum Gasteiger partial charge on any atom is 0.362 e. The van der Waals surface area contributed by atoms with E-state index in [1.54, 1.807) is 0 Å². The Morgan fingerprint density at radius 1 is 1.03 bits per heavy atom. The quantitative estimate of drug-likeness (QED) is 0.492. The first kappa shape index (κ1) is 23.0. The number of carbonyl (C=O) groups excluding carboxylic acids is 2. The number of aryl methyl sites for hydroxylation is 2. The molecule has 31 heavy (non-hydrogen) atoms. The molecule has 1 aliphatic heterocycles. The predicted molar refractivity (Wildman–Crippen MR) is 124 cm³/mol. The Hall–Kier alpha value is -2.66. The van der Waals surface area contributed by atoms with E-state index in [0.29, 0.717) is 4.48 Å². The van der Waals surface area contributed by atoms with Crippen molar-refractivity contribution in [2.75, 3.05) is 25.0 Å². The first-order valence-electron chi connectivity index (χ1n) is 11.4. The van der Waals surface area contributed by atoms with E-state index in [4.69, 9.17) is 4.74 Å². The molecule has 1 saturated heterocycles. The number of nitrogens with zero attached hydrogens (tertiary/aromatic N) is 1. The zero-order valence-electron chi connectivity index (χ0n) is 19.0. The minimum absolute atomic E-state index is 0.0152. The third kappa shape index (κ3) is 5.73. The summed E-state index contributed by atoms with van der Waals surface area (Å²) in [5.74, 6) is -0.217. The van der Waals surface area contributed by atoms with Crippen LogP contribution in [0.2, 0.25) is 0 Å². The summed E-state index contributed by atoms with van der Waals surface area (Å²) in [5, 5.41) is 3.19. The van der Waals surface area contributed by atoms with E-state index in [2.05, 4.69) is 12.2 Å². The molecule has 0 aliphatic carbocycles. The lowest BCUT2D eigenvalue weighted by atomic mass is 9.96. The maximum absolute atomic E-state index is 13.4. The molecule has 1 heterocycles. The number of hydrogen-bond acceptors (Lipinski definition) is 3. The van der Waals surface area contributed by atoms with Crippen molar-refractivity contribution in [3.63, 3.8) is 0 Å². The molecule has 1 amide bonds. The SMILES string of the molecule is CCC[N+]1(CC(=O)OCc2ccccc2)CCCCC1C(=O)Nc1c(C)cccc1C. The molecule has 2 unspecified atom stereocenters. The number of rotatable bonds is 8. The lowest BCUT2D eigenvalue weighted by Crippen LogP contribution is -2.64. The van der Waals surface area contributed by atoms with E-state index in [9.17, 15) is 9.59 Å². The van der Waals surface area contributed by atoms with Gasteiger partial charge in [0, 0.05) is 12.1 Å². The van der Waals surface area contributed by atoms with Gasteiger partial charge in [0.2, 0.25) is 0 Å². The van der Waals surface area contributed by atoms with Gasteiger partial charge in [0.1, 0.15) is 6.61 Å². The second kappa shape index (κ2) is 10.6. The third-order valence-electron chi connectivity index (χ3n) is 6.38. The van der Waals surface area contributed by atoms with Crippen LogP contribution in [0.15, 0.2) is 48.5 Å². The zero-order chi connectivity index (χ0) is 22.3. The second-order valence-corrected chi connectivity index (χ2v) is 8.74. The molecular formula is C26H35N2O3+. The van der Waals surface area contributed by atoms with Gasteiger partial charge >= 0.3 is 5.97 Å². The summed E-state index contributed by atoms with van der Waals surface area (Å²) in [6.45, 7) is 8.28. The number of ether oxygens (including phenoxy) is 1. The number of carbonyl (C=O) groups is 2. The highest BCUT2D eigenvalue weighted by Gasteiger charge is 2.45. The van der Waals surface area contributed by atoms with Crippen LogP contribution in [0.25, 0.3) is 0 Å². The highest BCUT2D eigenvalue weighted by molar-refractivity contribution is 5.95. The number of nitrogens with one attached hydrogen (secondary N) is 1. The van der Waals surface area contributed by atoms with Crippen LogP contribution in [0.1, 0.15) is 49.3 Å². The molecular weight excluding hydrogens is 388 g/mol. The van der Waals surface area contributed by atoms with Crippen molar-refractivity contribution in [3.05, 3.63) is 65.2 Å². The number of anilines is 1. The number of quaternary nitrogens is 1. The smallest absolute Gasteiger partial charge is 0.362 e. The van der Waals surface area contributed by atoms with Gasteiger partial charge in [-0.1, -0.05) is 55.5 Å². The number of amides is 1. The van der Waals surface area contributed by atoms with Gasteiger partial charge in [-0.15, -0.1) is 0 Å². The molecule has 1 aliphatic rings. The number of likely N-dealkylation sites (tertiary alicyclic amines) is 1. The molecule has 3 rings (SSSR count). The molecule has 5 heteroatoms. The van der Waals surface area contributed by atoms with Crippen LogP contribution in [0.3, 0.4) is 0 Å². The summed E-state index contributed by atoms with van der Waals surface area (Å²) < 4.78 is 6.09. The molecule has 0 saturated carbocycles. The number of piperidine rings is 1. The molecule has 2 aromatic rings. The van der Waals surface area contributed by atoms with Crippen molar-refractivity contribution in [3.8, 4) is 0 Å². The molecule has 5 nitrogen and oxygen atoms in total. The van der Waals surface area contributed by atoms with Crippen molar-refractivity contribution in [2.24, 2.45) is 0 Å². The highest BCUT2D eigenvalue weighted by atomic mass is 16.5. The van der Waals surface area contributed by atoms with Gasteiger partial charge in [-0.3, -0.25) is 4.79 Å². The Balaban J connectivity index is 1.75. The Morgan fingerprint density at radius 3 is 2.42 bits per heavy atom. The van der Waals surface area contributed by atoms with Crippen molar-refractivity contribution in [2.45, 2.75) is 59.1 Å². The fourth-order valence-electron chi connectivity index (χ4n) is 4.81. The van der Waals surface area contributed by atoms with E-state index < -0.39 is 0 Å². The average molecular weight is 424 g/mol. The molecule has 0 aromatic heterocycles. The zero-order valence-corrected chi connectivity index (χ0v) is 19.0. The van der Waals surface area contributed by atoms with E-state index >= 15 is 0 Å². The van der Waals surface area contributed by atoms with Gasteiger partial charge in [0.25, 0.3) is 5.91 Å². The van der Waals surface area contributed by atoms with Gasteiger partial charge in [-0.25, -0.2) is 4.79 Å². The molecule has 2 aromatic carbocycles. The van der Waals surface area contributed by atoms with Gasteiger partial charge in [0.05, 0.1) is 13.1 Å². The molecule has 1 N–H and O–H groups in total. The Labute approximate surface area is 186 Å². The third-order valence-corrected chi connectivity index (χ3v) is 6.38. The molecule has 0 bridgehead atoms. The number of benzene rings is 2. The number of hydrogen-bond donors (Lipinski definition) is 1. The second-order valence-electron chi connectivity index (χ2n) is 8.74. The molecule has 1 fully saturated rings. The van der Waals surface area contributed by atoms with Crippen molar-refractivity contribution >= 4 is 17.6 Å². The summed E-state index contributed by atoms with van der Waals surface area (Å²) in [4.78, 5) is 26.3. The maximum atomic E-state index is 13.4. The van der Waals surface area contributed by atoms with Gasteiger partial charge in [-0.2, -0.15) is 0 Å². The summed E-state index contributed by atoms with van der Waals surface area (Å²) in [5.41, 5.74) is 3.97. The van der Waals surface area contributed by atoms with Crippen LogP contribution in [-0.2, 0) is 20.9 Å². The largest absolute Gasteiger partial charge is 0.457 e. The number of para-hydroxylation sites is 1. The topological polar surface area (TPSA) is 55.4 Å². The fourth-order valence-corrected chi connectivity index (χ4v) is 4.81. The van der Waals surface area contributed by atoms with Crippen molar-refractivity contribution in [1.29, 1.82) is 0 Å². The highest BCUT2D eigenvalue weighted by Crippen LogP contribution is 2.29. The molecule has 0 spiro atoms. The Bertz CT molecular complexity index is 873. The van der Waals surface area contributed by atoms with Gasteiger partial charge in [0.15, 0.2) is 12.6 Å². The van der Waals surface area contributed by atoms with Crippen LogP contribution in [0.4, 0.5) is 5.69 Å². The van der Waals surface area contributed by atoms with Gasteiger partial charge < -0.3 is 14.5 Å². The normalized spacial score (nSPS) is 20.8. The lowest BCUT2D eigenvalue weighted by Gasteiger charge is -2.46. The van der Waals surface area contributed by atoms with Crippen LogP contribution < -0.4 is 5.32 Å². The minimum atomic E-state index is -0.239. The monoisotopic (exact) mass is 423 g/mol. The van der Waals surface area contributed by atoms with Crippen LogP contribution in [-0.4, -0.2) is 42.0 Å². The van der Waals surface area contributed by atoms with Crippen LogP contribution >= 0.6 is 0 Å². The minimum Gasteiger partial charge on any atom is -0.457 e. The fraction of sp³-hybridized carbons (Fsp3) is 0.462.